The van der Waals surface area contributed by atoms with Gasteiger partial charge in [-0.15, -0.1) is 10.2 Å². The van der Waals surface area contributed by atoms with Gasteiger partial charge in [0.15, 0.2) is 11.0 Å². The molecule has 1 heterocycles. The van der Waals surface area contributed by atoms with Crippen LogP contribution in [0.2, 0.25) is 10.0 Å². The van der Waals surface area contributed by atoms with Crippen LogP contribution in [0, 0.1) is 5.82 Å². The van der Waals surface area contributed by atoms with Crippen LogP contribution in [0.5, 0.6) is 0 Å². The van der Waals surface area contributed by atoms with Crippen molar-refractivity contribution >= 4 is 40.9 Å². The molecule has 0 saturated heterocycles. The van der Waals surface area contributed by atoms with Gasteiger partial charge in [0.05, 0.1) is 22.2 Å². The van der Waals surface area contributed by atoms with Gasteiger partial charge < -0.3 is 9.88 Å². The molecule has 0 bridgehead atoms. The molecule has 0 aliphatic carbocycles. The number of halogens is 3. The highest BCUT2D eigenvalue weighted by atomic mass is 35.5. The molecule has 2 aromatic carbocycles. The van der Waals surface area contributed by atoms with E-state index in [1.54, 1.807) is 16.7 Å². The number of hydrogen-bond acceptors (Lipinski definition) is 4. The first kappa shape index (κ1) is 19.7. The van der Waals surface area contributed by atoms with Gasteiger partial charge in [-0.1, -0.05) is 53.2 Å². The van der Waals surface area contributed by atoms with Crippen LogP contribution >= 0.6 is 35.0 Å². The Bertz CT molecular complexity index is 980. The van der Waals surface area contributed by atoms with Crippen molar-refractivity contribution in [2.24, 2.45) is 7.05 Å². The van der Waals surface area contributed by atoms with Crippen molar-refractivity contribution in [3.05, 3.63) is 75.3 Å². The van der Waals surface area contributed by atoms with Crippen LogP contribution in [0.25, 0.3) is 0 Å². The van der Waals surface area contributed by atoms with Crippen molar-refractivity contribution in [2.45, 2.75) is 17.5 Å². The number of nitrogens with zero attached hydrogens (tertiary/aromatic N) is 3. The molecule has 0 unspecified atom stereocenters. The zero-order valence-corrected chi connectivity index (χ0v) is 16.6. The van der Waals surface area contributed by atoms with Gasteiger partial charge in [0.25, 0.3) is 5.91 Å². The van der Waals surface area contributed by atoms with Crippen molar-refractivity contribution in [1.29, 1.82) is 0 Å². The van der Waals surface area contributed by atoms with E-state index in [4.69, 9.17) is 23.2 Å². The molecule has 140 valence electrons. The fourth-order valence-corrected chi connectivity index (χ4v) is 3.50. The summed E-state index contributed by atoms with van der Waals surface area (Å²) in [6.07, 6.45) is 0. The fraction of sp³-hybridized carbons (Fsp3) is 0.167. The van der Waals surface area contributed by atoms with Gasteiger partial charge in [-0.3, -0.25) is 4.79 Å². The number of carbonyl (C=O) groups excluding carboxylic acids is 1. The normalized spacial score (nSPS) is 10.8. The lowest BCUT2D eigenvalue weighted by Gasteiger charge is -2.07. The van der Waals surface area contributed by atoms with Crippen LogP contribution in [0.3, 0.4) is 0 Å². The number of carbonyl (C=O) groups is 1. The van der Waals surface area contributed by atoms with E-state index in [9.17, 15) is 9.18 Å². The lowest BCUT2D eigenvalue weighted by atomic mass is 10.2. The van der Waals surface area contributed by atoms with E-state index in [1.165, 1.54) is 30.0 Å². The van der Waals surface area contributed by atoms with Crippen molar-refractivity contribution in [3.8, 4) is 0 Å². The van der Waals surface area contributed by atoms with E-state index in [0.717, 1.165) is 5.56 Å². The van der Waals surface area contributed by atoms with Gasteiger partial charge >= 0.3 is 0 Å². The molecule has 9 heteroatoms. The fourth-order valence-electron chi connectivity index (χ4n) is 2.30. The average Bonchev–Trinajstić information content (AvgIpc) is 3.01. The number of aromatic nitrogens is 3. The molecular formula is C18H15Cl2FN4OS. The summed E-state index contributed by atoms with van der Waals surface area (Å²) in [5.41, 5.74) is 1.00. The maximum absolute atomic E-state index is 13.6. The summed E-state index contributed by atoms with van der Waals surface area (Å²) in [5.74, 6) is 0.146. The van der Waals surface area contributed by atoms with Crippen molar-refractivity contribution in [3.63, 3.8) is 0 Å². The van der Waals surface area contributed by atoms with Crippen LogP contribution in [-0.4, -0.2) is 20.7 Å². The minimum absolute atomic E-state index is 0.00566. The second-order valence-electron chi connectivity index (χ2n) is 5.66. The number of nitrogens with one attached hydrogen (secondary N) is 1. The highest BCUT2D eigenvalue weighted by Gasteiger charge is 2.14. The molecule has 5 nitrogen and oxygen atoms in total. The molecule has 1 amide bonds. The maximum Gasteiger partial charge on any atom is 0.254 e. The van der Waals surface area contributed by atoms with Crippen molar-refractivity contribution < 1.29 is 9.18 Å². The Hall–Kier alpha value is -2.09. The molecule has 0 saturated carbocycles. The summed E-state index contributed by atoms with van der Waals surface area (Å²) < 4.78 is 15.4. The third-order valence-electron chi connectivity index (χ3n) is 3.80. The Kier molecular flexibility index (Phi) is 6.36. The molecule has 0 spiro atoms. The van der Waals surface area contributed by atoms with E-state index in [-0.39, 0.29) is 12.1 Å². The minimum Gasteiger partial charge on any atom is -0.345 e. The summed E-state index contributed by atoms with van der Waals surface area (Å²) in [4.78, 5) is 12.1. The molecule has 3 aromatic rings. The lowest BCUT2D eigenvalue weighted by molar-refractivity contribution is 0.0945. The zero-order valence-electron chi connectivity index (χ0n) is 14.2. The summed E-state index contributed by atoms with van der Waals surface area (Å²) >= 11 is 13.4. The smallest absolute Gasteiger partial charge is 0.254 e. The Morgan fingerprint density at radius 2 is 1.96 bits per heavy atom. The van der Waals surface area contributed by atoms with Gasteiger partial charge in [-0.05, 0) is 29.8 Å². The second-order valence-corrected chi connectivity index (χ2v) is 7.41. The monoisotopic (exact) mass is 424 g/mol. The second kappa shape index (κ2) is 8.73. The number of hydrogen-bond donors (Lipinski definition) is 1. The molecule has 3 rings (SSSR count). The summed E-state index contributed by atoms with van der Waals surface area (Å²) in [5, 5.41) is 12.6. The largest absolute Gasteiger partial charge is 0.345 e. The average molecular weight is 425 g/mol. The zero-order chi connectivity index (χ0) is 19.4. The maximum atomic E-state index is 13.6. The molecule has 0 atom stereocenters. The van der Waals surface area contributed by atoms with E-state index < -0.39 is 11.7 Å². The molecule has 1 N–H and O–H groups in total. The third-order valence-corrected chi connectivity index (χ3v) is 5.63. The molecule has 0 fully saturated rings. The van der Waals surface area contributed by atoms with Gasteiger partial charge in [-0.25, -0.2) is 4.39 Å². The molecule has 0 aliphatic rings. The van der Waals surface area contributed by atoms with Crippen LogP contribution < -0.4 is 5.32 Å². The quantitative estimate of drug-likeness (QED) is 0.592. The van der Waals surface area contributed by atoms with Crippen LogP contribution in [0.15, 0.2) is 47.6 Å². The highest BCUT2D eigenvalue weighted by Crippen LogP contribution is 2.27. The van der Waals surface area contributed by atoms with Crippen molar-refractivity contribution in [1.82, 2.24) is 20.1 Å². The van der Waals surface area contributed by atoms with E-state index in [2.05, 4.69) is 15.5 Å². The van der Waals surface area contributed by atoms with Crippen molar-refractivity contribution in [2.75, 3.05) is 0 Å². The van der Waals surface area contributed by atoms with Gasteiger partial charge in [0.2, 0.25) is 0 Å². The topological polar surface area (TPSA) is 59.8 Å². The Morgan fingerprint density at radius 3 is 2.70 bits per heavy atom. The standard InChI is InChI=1S/C18H15Cl2FN4OS/c1-25-16(9-22-17(26)12-4-2-3-5-15(12)21)23-24-18(25)27-10-11-6-7-13(19)14(20)8-11/h2-8H,9-10H2,1H3,(H,22,26). The lowest BCUT2D eigenvalue weighted by Crippen LogP contribution is -2.25. The predicted octanol–water partition coefficient (Wildman–Crippen LogP) is 4.48. The number of thioether (sulfide) groups is 1. The van der Waals surface area contributed by atoms with Crippen LogP contribution in [0.1, 0.15) is 21.7 Å². The Morgan fingerprint density at radius 1 is 1.19 bits per heavy atom. The molecule has 27 heavy (non-hydrogen) atoms. The van der Waals surface area contributed by atoms with E-state index in [1.807, 2.05) is 19.2 Å². The Balaban J connectivity index is 1.60. The summed E-state index contributed by atoms with van der Waals surface area (Å²) in [6, 6.07) is 11.3. The molecular weight excluding hydrogens is 410 g/mol. The molecule has 0 radical (unpaired) electrons. The summed E-state index contributed by atoms with van der Waals surface area (Å²) in [7, 11) is 1.81. The first-order valence-corrected chi connectivity index (χ1v) is 9.67. The number of benzene rings is 2. The van der Waals surface area contributed by atoms with Gasteiger partial charge in [0.1, 0.15) is 5.82 Å². The van der Waals surface area contributed by atoms with E-state index in [0.29, 0.717) is 26.8 Å². The number of amides is 1. The molecule has 0 aliphatic heterocycles. The van der Waals surface area contributed by atoms with Gasteiger partial charge in [-0.2, -0.15) is 0 Å². The predicted molar refractivity (Wildman–Crippen MR) is 105 cm³/mol. The van der Waals surface area contributed by atoms with Crippen LogP contribution in [-0.2, 0) is 19.3 Å². The third kappa shape index (κ3) is 4.80. The number of rotatable bonds is 6. The molecule has 1 aromatic heterocycles. The highest BCUT2D eigenvalue weighted by molar-refractivity contribution is 7.98. The van der Waals surface area contributed by atoms with E-state index >= 15 is 0 Å². The first-order valence-electron chi connectivity index (χ1n) is 7.93. The Labute approximate surface area is 169 Å². The summed E-state index contributed by atoms with van der Waals surface area (Å²) in [6.45, 7) is 0.143. The van der Waals surface area contributed by atoms with Gasteiger partial charge in [0, 0.05) is 12.8 Å². The SMILES string of the molecule is Cn1c(CNC(=O)c2ccccc2F)nnc1SCc1ccc(Cl)c(Cl)c1. The minimum atomic E-state index is -0.564. The first-order chi connectivity index (χ1) is 13.0. The van der Waals surface area contributed by atoms with Crippen LogP contribution in [0.4, 0.5) is 4.39 Å².